The van der Waals surface area contributed by atoms with Crippen LogP contribution in [0.3, 0.4) is 0 Å². The van der Waals surface area contributed by atoms with Gasteiger partial charge in [-0.05, 0) is 49.2 Å². The number of hydrogen-bond donors (Lipinski definition) is 0. The molecule has 1 amide bonds. The third kappa shape index (κ3) is 3.57. The molecule has 136 valence electrons. The van der Waals surface area contributed by atoms with Gasteiger partial charge in [0.1, 0.15) is 17.5 Å². The molecule has 1 aliphatic rings. The van der Waals surface area contributed by atoms with Crippen LogP contribution in [0.2, 0.25) is 0 Å². The van der Waals surface area contributed by atoms with Gasteiger partial charge in [0.2, 0.25) is 5.91 Å². The molecule has 0 radical (unpaired) electrons. The molecule has 2 unspecified atom stereocenters. The largest absolute Gasteiger partial charge is 0.464 e. The first kappa shape index (κ1) is 18.0. The van der Waals surface area contributed by atoms with Crippen molar-refractivity contribution in [3.05, 3.63) is 59.7 Å². The van der Waals surface area contributed by atoms with Gasteiger partial charge in [-0.2, -0.15) is 0 Å². The summed E-state index contributed by atoms with van der Waals surface area (Å²) in [5.74, 6) is 0.962. The molecule has 5 heteroatoms. The van der Waals surface area contributed by atoms with Crippen LogP contribution in [0.5, 0.6) is 11.5 Å². The molecular formula is C21H23NO4. The number of benzene rings is 2. The zero-order valence-corrected chi connectivity index (χ0v) is 15.3. The fourth-order valence-corrected chi connectivity index (χ4v) is 3.49. The number of amides is 1. The summed E-state index contributed by atoms with van der Waals surface area (Å²) in [5.41, 5.74) is 2.03. The van der Waals surface area contributed by atoms with E-state index in [9.17, 15) is 9.59 Å². The smallest absolute Gasteiger partial charge is 0.329 e. The highest BCUT2D eigenvalue weighted by Gasteiger charge is 2.38. The maximum absolute atomic E-state index is 12.3. The van der Waals surface area contributed by atoms with Crippen LogP contribution in [0.25, 0.3) is 0 Å². The highest BCUT2D eigenvalue weighted by molar-refractivity contribution is 5.84. The molecule has 3 rings (SSSR count). The number of para-hydroxylation sites is 1. The summed E-state index contributed by atoms with van der Waals surface area (Å²) in [7, 11) is 0. The molecule has 2 atom stereocenters. The minimum Gasteiger partial charge on any atom is -0.464 e. The fraction of sp³-hybridized carbons (Fsp3) is 0.333. The maximum atomic E-state index is 12.3. The molecule has 0 fully saturated rings. The van der Waals surface area contributed by atoms with Crippen molar-refractivity contribution in [1.29, 1.82) is 0 Å². The van der Waals surface area contributed by atoms with Gasteiger partial charge in [-0.25, -0.2) is 4.79 Å². The summed E-state index contributed by atoms with van der Waals surface area (Å²) >= 11 is 0. The number of carbonyl (C=O) groups is 2. The Morgan fingerprint density at radius 3 is 2.50 bits per heavy atom. The monoisotopic (exact) mass is 353 g/mol. The van der Waals surface area contributed by atoms with E-state index in [1.807, 2.05) is 55.5 Å². The number of rotatable bonds is 4. The van der Waals surface area contributed by atoms with Gasteiger partial charge < -0.3 is 14.4 Å². The van der Waals surface area contributed by atoms with E-state index < -0.39 is 6.04 Å². The van der Waals surface area contributed by atoms with Crippen LogP contribution in [-0.2, 0) is 20.7 Å². The molecular weight excluding hydrogens is 330 g/mol. The van der Waals surface area contributed by atoms with E-state index in [1.165, 1.54) is 6.92 Å². The number of hydrogen-bond acceptors (Lipinski definition) is 4. The molecule has 0 N–H and O–H groups in total. The van der Waals surface area contributed by atoms with Crippen molar-refractivity contribution >= 4 is 11.9 Å². The minimum absolute atomic E-state index is 0.143. The topological polar surface area (TPSA) is 55.8 Å². The van der Waals surface area contributed by atoms with E-state index in [0.717, 1.165) is 16.9 Å². The Hall–Kier alpha value is -2.82. The zero-order valence-electron chi connectivity index (χ0n) is 15.3. The molecule has 1 heterocycles. The fourth-order valence-electron chi connectivity index (χ4n) is 3.49. The average molecular weight is 353 g/mol. The Balaban J connectivity index is 1.92. The van der Waals surface area contributed by atoms with E-state index in [1.54, 1.807) is 11.8 Å². The quantitative estimate of drug-likeness (QED) is 0.783. The van der Waals surface area contributed by atoms with Crippen molar-refractivity contribution in [3.63, 3.8) is 0 Å². The minimum atomic E-state index is -0.587. The lowest BCUT2D eigenvalue weighted by molar-refractivity contribution is -0.156. The summed E-state index contributed by atoms with van der Waals surface area (Å²) < 4.78 is 11.1. The third-order valence-corrected chi connectivity index (χ3v) is 4.63. The van der Waals surface area contributed by atoms with E-state index in [0.29, 0.717) is 18.8 Å². The molecule has 0 bridgehead atoms. The van der Waals surface area contributed by atoms with Gasteiger partial charge in [-0.3, -0.25) is 4.79 Å². The number of esters is 1. The van der Waals surface area contributed by atoms with Crippen molar-refractivity contribution in [1.82, 2.24) is 4.90 Å². The van der Waals surface area contributed by atoms with Crippen LogP contribution >= 0.6 is 0 Å². The van der Waals surface area contributed by atoms with Crippen LogP contribution in [-0.4, -0.2) is 29.4 Å². The Kier molecular flexibility index (Phi) is 5.26. The molecule has 0 aromatic heterocycles. The first-order chi connectivity index (χ1) is 12.5. The second kappa shape index (κ2) is 7.60. The van der Waals surface area contributed by atoms with Gasteiger partial charge in [0.05, 0.1) is 12.6 Å². The summed E-state index contributed by atoms with van der Waals surface area (Å²) in [5, 5.41) is 0. The van der Waals surface area contributed by atoms with E-state index in [4.69, 9.17) is 9.47 Å². The summed E-state index contributed by atoms with van der Waals surface area (Å²) in [4.78, 5) is 26.1. The zero-order chi connectivity index (χ0) is 18.7. The van der Waals surface area contributed by atoms with Crippen LogP contribution in [0.1, 0.15) is 37.9 Å². The van der Waals surface area contributed by atoms with Gasteiger partial charge in [0, 0.05) is 13.3 Å². The van der Waals surface area contributed by atoms with Crippen LogP contribution in [0, 0.1) is 0 Å². The Morgan fingerprint density at radius 2 is 1.85 bits per heavy atom. The lowest BCUT2D eigenvalue weighted by Crippen LogP contribution is -2.50. The Labute approximate surface area is 153 Å². The van der Waals surface area contributed by atoms with Crippen molar-refractivity contribution in [2.45, 2.75) is 39.3 Å². The Bertz CT molecular complexity index is 803. The van der Waals surface area contributed by atoms with Crippen LogP contribution < -0.4 is 4.74 Å². The molecule has 0 aliphatic carbocycles. The first-order valence-electron chi connectivity index (χ1n) is 8.82. The predicted molar refractivity (Wildman–Crippen MR) is 98.0 cm³/mol. The van der Waals surface area contributed by atoms with Gasteiger partial charge in [0.25, 0.3) is 0 Å². The molecule has 26 heavy (non-hydrogen) atoms. The normalized spacial score (nSPS) is 18.8. The number of ether oxygens (including phenoxy) is 2. The Morgan fingerprint density at radius 1 is 1.12 bits per heavy atom. The van der Waals surface area contributed by atoms with E-state index in [2.05, 4.69) is 0 Å². The molecule has 2 aromatic rings. The third-order valence-electron chi connectivity index (χ3n) is 4.63. The second-order valence-electron chi connectivity index (χ2n) is 6.35. The van der Waals surface area contributed by atoms with Crippen LogP contribution in [0.4, 0.5) is 0 Å². The summed E-state index contributed by atoms with van der Waals surface area (Å²) in [6.45, 7) is 5.48. The average Bonchev–Trinajstić information content (AvgIpc) is 2.62. The molecule has 2 aromatic carbocycles. The van der Waals surface area contributed by atoms with Gasteiger partial charge in [-0.15, -0.1) is 0 Å². The SMILES string of the molecule is CCOC(=O)C1Cc2ccc(Oc3ccccc3)cc2C(C)N1C(C)=O. The maximum Gasteiger partial charge on any atom is 0.329 e. The number of fused-ring (bicyclic) bond motifs is 1. The standard InChI is InChI=1S/C21H23NO4/c1-4-25-21(24)20-12-16-10-11-18(26-17-8-6-5-7-9-17)13-19(16)14(2)22(20)15(3)23/h5-11,13-14,20H,4,12H2,1-3H3. The second-order valence-corrected chi connectivity index (χ2v) is 6.35. The van der Waals surface area contributed by atoms with Crippen molar-refractivity contribution < 1.29 is 19.1 Å². The van der Waals surface area contributed by atoms with Gasteiger partial charge in [-0.1, -0.05) is 24.3 Å². The predicted octanol–water partition coefficient (Wildman–Crippen LogP) is 3.88. The molecule has 1 aliphatic heterocycles. The first-order valence-corrected chi connectivity index (χ1v) is 8.82. The lowest BCUT2D eigenvalue weighted by atomic mass is 9.88. The number of carbonyl (C=O) groups excluding carboxylic acids is 2. The molecule has 0 saturated carbocycles. The van der Waals surface area contributed by atoms with E-state index >= 15 is 0 Å². The van der Waals surface area contributed by atoms with Gasteiger partial charge in [0.15, 0.2) is 0 Å². The molecule has 5 nitrogen and oxygen atoms in total. The molecule has 0 saturated heterocycles. The summed E-state index contributed by atoms with van der Waals surface area (Å²) in [6.07, 6.45) is 0.448. The summed E-state index contributed by atoms with van der Waals surface area (Å²) in [6, 6.07) is 14.5. The van der Waals surface area contributed by atoms with Crippen molar-refractivity contribution in [2.24, 2.45) is 0 Å². The highest BCUT2D eigenvalue weighted by Crippen LogP contribution is 2.36. The molecule has 0 spiro atoms. The van der Waals surface area contributed by atoms with E-state index in [-0.39, 0.29) is 17.9 Å². The van der Waals surface area contributed by atoms with Crippen molar-refractivity contribution in [3.8, 4) is 11.5 Å². The van der Waals surface area contributed by atoms with Crippen LogP contribution in [0.15, 0.2) is 48.5 Å². The van der Waals surface area contributed by atoms with Crippen molar-refractivity contribution in [2.75, 3.05) is 6.61 Å². The highest BCUT2D eigenvalue weighted by atomic mass is 16.5. The lowest BCUT2D eigenvalue weighted by Gasteiger charge is -2.40. The van der Waals surface area contributed by atoms with Gasteiger partial charge >= 0.3 is 5.97 Å². The number of nitrogens with zero attached hydrogens (tertiary/aromatic N) is 1.